The van der Waals surface area contributed by atoms with Crippen LogP contribution in [-0.2, 0) is 0 Å². The summed E-state index contributed by atoms with van der Waals surface area (Å²) in [6.07, 6.45) is 8.57. The molecule has 0 atom stereocenters. The summed E-state index contributed by atoms with van der Waals surface area (Å²) in [6.45, 7) is 10.5. The Hall–Kier alpha value is -1.51. The van der Waals surface area contributed by atoms with Crippen LogP contribution < -0.4 is 0 Å². The van der Waals surface area contributed by atoms with Gasteiger partial charge < -0.3 is 9.80 Å². The molecule has 0 aliphatic carbocycles. The Kier molecular flexibility index (Phi) is 3.90. The van der Waals surface area contributed by atoms with Gasteiger partial charge in [-0.2, -0.15) is 0 Å². The van der Waals surface area contributed by atoms with Crippen molar-refractivity contribution >= 4 is 6.21 Å². The minimum absolute atomic E-state index is 0.860. The van der Waals surface area contributed by atoms with Gasteiger partial charge in [-0.1, -0.05) is 19.6 Å². The van der Waals surface area contributed by atoms with Gasteiger partial charge in [0.25, 0.3) is 0 Å². The maximum absolute atomic E-state index is 4.56. The predicted molar refractivity (Wildman–Crippen MR) is 77.2 cm³/mol. The van der Waals surface area contributed by atoms with Gasteiger partial charge in [-0.3, -0.25) is 0 Å². The van der Waals surface area contributed by atoms with Crippen molar-refractivity contribution in [2.24, 2.45) is 10.9 Å². The molecule has 0 saturated carbocycles. The molecule has 18 heavy (non-hydrogen) atoms. The summed E-state index contributed by atoms with van der Waals surface area (Å²) in [5.74, 6) is 1.85. The number of hydrogen-bond acceptors (Lipinski definition) is 3. The highest BCUT2D eigenvalue weighted by Gasteiger charge is 2.19. The lowest BCUT2D eigenvalue weighted by Gasteiger charge is -2.34. The summed E-state index contributed by atoms with van der Waals surface area (Å²) in [5.41, 5.74) is 2.33. The molecule has 0 radical (unpaired) electrons. The van der Waals surface area contributed by atoms with Crippen LogP contribution in [0.1, 0.15) is 26.7 Å². The van der Waals surface area contributed by atoms with E-state index >= 15 is 0 Å². The van der Waals surface area contributed by atoms with Crippen molar-refractivity contribution in [1.29, 1.82) is 0 Å². The maximum Gasteiger partial charge on any atom is 0.135 e. The van der Waals surface area contributed by atoms with Crippen LogP contribution in [-0.4, -0.2) is 36.2 Å². The highest BCUT2D eigenvalue weighted by atomic mass is 15.2. The smallest absolute Gasteiger partial charge is 0.135 e. The van der Waals surface area contributed by atoms with E-state index in [9.17, 15) is 0 Å². The van der Waals surface area contributed by atoms with Crippen molar-refractivity contribution in [3.05, 3.63) is 35.9 Å². The second-order valence-electron chi connectivity index (χ2n) is 5.30. The lowest BCUT2D eigenvalue weighted by Crippen LogP contribution is -2.34. The minimum Gasteiger partial charge on any atom is -0.369 e. The van der Waals surface area contributed by atoms with E-state index in [1.54, 1.807) is 0 Å². The van der Waals surface area contributed by atoms with E-state index in [2.05, 4.69) is 34.5 Å². The van der Waals surface area contributed by atoms with Crippen molar-refractivity contribution in [3.63, 3.8) is 0 Å². The first-order valence-corrected chi connectivity index (χ1v) is 6.69. The summed E-state index contributed by atoms with van der Waals surface area (Å²) in [6, 6.07) is 0. The van der Waals surface area contributed by atoms with Crippen LogP contribution in [0.2, 0.25) is 0 Å². The predicted octanol–water partition coefficient (Wildman–Crippen LogP) is 2.99. The molecule has 0 N–H and O–H groups in total. The largest absolute Gasteiger partial charge is 0.369 e. The molecule has 0 aromatic heterocycles. The van der Waals surface area contributed by atoms with Crippen LogP contribution in [0.4, 0.5) is 0 Å². The number of allylic oxidation sites excluding steroid dienone is 3. The Morgan fingerprint density at radius 1 is 1.44 bits per heavy atom. The third kappa shape index (κ3) is 2.66. The summed E-state index contributed by atoms with van der Waals surface area (Å²) in [5, 5.41) is 0. The second kappa shape index (κ2) is 5.42. The van der Waals surface area contributed by atoms with Crippen molar-refractivity contribution < 1.29 is 0 Å². The van der Waals surface area contributed by atoms with E-state index in [0.29, 0.717) is 0 Å². The highest BCUT2D eigenvalue weighted by Crippen LogP contribution is 2.23. The number of nitrogens with zero attached hydrogens (tertiary/aromatic N) is 3. The first-order valence-electron chi connectivity index (χ1n) is 6.69. The van der Waals surface area contributed by atoms with Crippen LogP contribution in [0.5, 0.6) is 0 Å². The summed E-state index contributed by atoms with van der Waals surface area (Å²) >= 11 is 0. The number of likely N-dealkylation sites (tertiary alicyclic amines) is 1. The van der Waals surface area contributed by atoms with Gasteiger partial charge in [0.15, 0.2) is 0 Å². The maximum atomic E-state index is 4.56. The van der Waals surface area contributed by atoms with Crippen molar-refractivity contribution in [2.45, 2.75) is 26.7 Å². The molecule has 0 aromatic rings. The van der Waals surface area contributed by atoms with Crippen LogP contribution in [0.25, 0.3) is 0 Å². The normalized spacial score (nSPS) is 24.1. The third-order valence-corrected chi connectivity index (χ3v) is 3.79. The van der Waals surface area contributed by atoms with Gasteiger partial charge in [0, 0.05) is 26.3 Å². The molecular formula is C15H23N3. The van der Waals surface area contributed by atoms with Gasteiger partial charge in [-0.05, 0) is 31.3 Å². The van der Waals surface area contributed by atoms with Crippen LogP contribution in [0.3, 0.4) is 0 Å². The van der Waals surface area contributed by atoms with Crippen LogP contribution in [0, 0.1) is 5.92 Å². The first-order chi connectivity index (χ1) is 8.61. The van der Waals surface area contributed by atoms with E-state index in [-0.39, 0.29) is 0 Å². The van der Waals surface area contributed by atoms with Crippen molar-refractivity contribution in [3.8, 4) is 0 Å². The summed E-state index contributed by atoms with van der Waals surface area (Å²) in [7, 11) is 2.05. The molecule has 3 nitrogen and oxygen atoms in total. The van der Waals surface area contributed by atoms with E-state index < -0.39 is 0 Å². The number of piperidine rings is 1. The molecule has 2 aliphatic heterocycles. The monoisotopic (exact) mass is 245 g/mol. The average molecular weight is 245 g/mol. The molecule has 1 saturated heterocycles. The van der Waals surface area contributed by atoms with E-state index in [1.165, 1.54) is 18.5 Å². The Balaban J connectivity index is 2.10. The Morgan fingerprint density at radius 3 is 2.67 bits per heavy atom. The molecule has 2 aliphatic rings. The van der Waals surface area contributed by atoms with E-state index in [4.69, 9.17) is 0 Å². The topological polar surface area (TPSA) is 18.8 Å². The molecule has 0 amide bonds. The Bertz CT molecular complexity index is 409. The fraction of sp³-hybridized carbons (Fsp3) is 0.533. The molecule has 2 heterocycles. The van der Waals surface area contributed by atoms with Gasteiger partial charge in [0.05, 0.1) is 11.9 Å². The van der Waals surface area contributed by atoms with Crippen LogP contribution >= 0.6 is 0 Å². The zero-order chi connectivity index (χ0) is 13.1. The minimum atomic E-state index is 0.860. The van der Waals surface area contributed by atoms with Gasteiger partial charge in [0.1, 0.15) is 5.82 Å². The quantitative estimate of drug-likeness (QED) is 0.745. The van der Waals surface area contributed by atoms with Gasteiger partial charge in [0.2, 0.25) is 0 Å². The average Bonchev–Trinajstić information content (AvgIpc) is 2.38. The van der Waals surface area contributed by atoms with Crippen molar-refractivity contribution in [2.75, 3.05) is 20.1 Å². The number of rotatable bonds is 2. The van der Waals surface area contributed by atoms with Gasteiger partial charge in [-0.25, -0.2) is 4.99 Å². The number of aliphatic imine (C=N–C) groups is 1. The molecule has 0 unspecified atom stereocenters. The molecule has 0 aromatic carbocycles. The molecule has 0 bridgehead atoms. The van der Waals surface area contributed by atoms with Gasteiger partial charge in [-0.15, -0.1) is 0 Å². The fourth-order valence-electron chi connectivity index (χ4n) is 2.41. The van der Waals surface area contributed by atoms with Crippen molar-refractivity contribution in [1.82, 2.24) is 9.80 Å². The molecule has 3 heteroatoms. The third-order valence-electron chi connectivity index (χ3n) is 3.79. The fourth-order valence-corrected chi connectivity index (χ4v) is 2.41. The van der Waals surface area contributed by atoms with E-state index in [0.717, 1.165) is 30.4 Å². The molecule has 0 spiro atoms. The lowest BCUT2D eigenvalue weighted by molar-refractivity contribution is 0.243. The van der Waals surface area contributed by atoms with Gasteiger partial charge >= 0.3 is 0 Å². The first kappa shape index (κ1) is 12.9. The zero-order valence-electron chi connectivity index (χ0n) is 11.7. The Labute approximate surface area is 110 Å². The molecular weight excluding hydrogens is 222 g/mol. The standard InChI is InChI=1S/C15H23N3/c1-5-13(3)15-16-10-14(11-17(15)4)18-8-6-12(2)7-9-18/h5,10-12H,1,6-9H2,2-4H3/b15-13-. The lowest BCUT2D eigenvalue weighted by atomic mass is 9.99. The second-order valence-corrected chi connectivity index (χ2v) is 5.30. The Morgan fingerprint density at radius 2 is 2.11 bits per heavy atom. The van der Waals surface area contributed by atoms with Crippen LogP contribution in [0.15, 0.2) is 40.9 Å². The molecule has 1 fully saturated rings. The molecule has 2 rings (SSSR count). The van der Waals surface area contributed by atoms with E-state index in [1.807, 2.05) is 26.3 Å². The summed E-state index contributed by atoms with van der Waals surface area (Å²) < 4.78 is 0. The molecule has 98 valence electrons. The number of hydrogen-bond donors (Lipinski definition) is 0. The summed E-state index contributed by atoms with van der Waals surface area (Å²) in [4.78, 5) is 9.07. The zero-order valence-corrected chi connectivity index (χ0v) is 11.7. The highest BCUT2D eigenvalue weighted by molar-refractivity contribution is 5.80. The SMILES string of the molecule is C=C/C(C)=C1/N=CC(N2CCC(C)CC2)=CN1C.